The summed E-state index contributed by atoms with van der Waals surface area (Å²) >= 11 is 0. The van der Waals surface area contributed by atoms with E-state index in [-0.39, 0.29) is 0 Å². The minimum absolute atomic E-state index is 0.453. The number of fused-ring (bicyclic) bond motifs is 1. The summed E-state index contributed by atoms with van der Waals surface area (Å²) in [5.41, 5.74) is 8.06. The number of rotatable bonds is 0. The van der Waals surface area contributed by atoms with Gasteiger partial charge in [0.1, 0.15) is 5.84 Å². The van der Waals surface area contributed by atoms with Gasteiger partial charge in [0, 0.05) is 0 Å². The maximum atomic E-state index is 5.58. The molecular formula is C9H9N3. The Kier molecular flexibility index (Phi) is 1.37. The average Bonchev–Trinajstić information content (AvgIpc) is 2.07. The van der Waals surface area contributed by atoms with Gasteiger partial charge in [-0.3, -0.25) is 0 Å². The van der Waals surface area contributed by atoms with Crippen LogP contribution in [-0.2, 0) is 0 Å². The average molecular weight is 159 g/mol. The summed E-state index contributed by atoms with van der Waals surface area (Å²) in [4.78, 5) is 4.16. The van der Waals surface area contributed by atoms with Crippen LogP contribution >= 0.6 is 0 Å². The van der Waals surface area contributed by atoms with E-state index in [1.165, 1.54) is 0 Å². The highest BCUT2D eigenvalue weighted by Crippen LogP contribution is 2.28. The van der Waals surface area contributed by atoms with Gasteiger partial charge in [-0.25, -0.2) is 4.99 Å². The van der Waals surface area contributed by atoms with Gasteiger partial charge in [0.2, 0.25) is 0 Å². The summed E-state index contributed by atoms with van der Waals surface area (Å²) in [5, 5.41) is 3.06. The first-order valence-corrected chi connectivity index (χ1v) is 3.67. The molecule has 0 unspecified atom stereocenters. The Morgan fingerprint density at radius 1 is 1.33 bits per heavy atom. The van der Waals surface area contributed by atoms with E-state index >= 15 is 0 Å². The second-order valence-electron chi connectivity index (χ2n) is 2.62. The third kappa shape index (κ3) is 0.955. The number of nitrogens with two attached hydrogens (primary N) is 1. The number of hydrogen-bond acceptors (Lipinski definition) is 3. The number of para-hydroxylation sites is 2. The Hall–Kier alpha value is -1.77. The van der Waals surface area contributed by atoms with E-state index < -0.39 is 0 Å². The fourth-order valence-electron chi connectivity index (χ4n) is 1.10. The molecule has 1 aromatic rings. The Labute approximate surface area is 70.6 Å². The molecule has 1 aliphatic rings. The molecule has 1 heterocycles. The number of aliphatic imine (C=N–C) groups is 1. The lowest BCUT2D eigenvalue weighted by Crippen LogP contribution is -2.22. The van der Waals surface area contributed by atoms with Gasteiger partial charge < -0.3 is 11.1 Å². The first-order chi connectivity index (χ1) is 5.77. The fraction of sp³-hybridized carbons (Fsp3) is 0. The topological polar surface area (TPSA) is 50.4 Å². The molecule has 3 heteroatoms. The standard InChI is InChI=1S/C9H9N3/c1-6-9(10)12-8-5-3-2-4-7(8)11-6/h2-5,11H,1H2,(H2,10,12). The Morgan fingerprint density at radius 2 is 2.08 bits per heavy atom. The molecule has 0 radical (unpaired) electrons. The molecule has 0 bridgehead atoms. The van der Waals surface area contributed by atoms with Crippen molar-refractivity contribution in [2.45, 2.75) is 0 Å². The molecule has 0 saturated heterocycles. The number of anilines is 1. The van der Waals surface area contributed by atoms with Gasteiger partial charge in [-0.15, -0.1) is 0 Å². The second-order valence-corrected chi connectivity index (χ2v) is 2.62. The molecule has 0 fully saturated rings. The van der Waals surface area contributed by atoms with Crippen molar-refractivity contribution in [1.82, 2.24) is 0 Å². The van der Waals surface area contributed by atoms with Crippen LogP contribution in [0.15, 0.2) is 41.5 Å². The van der Waals surface area contributed by atoms with Crippen molar-refractivity contribution in [2.75, 3.05) is 5.32 Å². The van der Waals surface area contributed by atoms with Gasteiger partial charge in [-0.1, -0.05) is 18.7 Å². The van der Waals surface area contributed by atoms with Gasteiger partial charge in [0.05, 0.1) is 17.1 Å². The van der Waals surface area contributed by atoms with Crippen molar-refractivity contribution in [3.05, 3.63) is 36.5 Å². The van der Waals surface area contributed by atoms with Crippen LogP contribution in [0.25, 0.3) is 0 Å². The summed E-state index contributed by atoms with van der Waals surface area (Å²) in [6.45, 7) is 3.73. The molecule has 2 rings (SSSR count). The molecule has 3 nitrogen and oxygen atoms in total. The zero-order chi connectivity index (χ0) is 8.55. The van der Waals surface area contributed by atoms with Crippen molar-refractivity contribution < 1.29 is 0 Å². The molecule has 0 aliphatic carbocycles. The summed E-state index contributed by atoms with van der Waals surface area (Å²) in [6.07, 6.45) is 0. The molecule has 60 valence electrons. The summed E-state index contributed by atoms with van der Waals surface area (Å²) < 4.78 is 0. The molecule has 1 aromatic carbocycles. The number of hydrogen-bond donors (Lipinski definition) is 2. The van der Waals surface area contributed by atoms with Gasteiger partial charge in [-0.05, 0) is 12.1 Å². The van der Waals surface area contributed by atoms with Gasteiger partial charge in [-0.2, -0.15) is 0 Å². The monoisotopic (exact) mass is 159 g/mol. The van der Waals surface area contributed by atoms with Crippen LogP contribution in [0.1, 0.15) is 0 Å². The van der Waals surface area contributed by atoms with E-state index in [0.29, 0.717) is 11.5 Å². The minimum Gasteiger partial charge on any atom is -0.382 e. The SMILES string of the molecule is C=C1Nc2ccccc2N=C1N. The van der Waals surface area contributed by atoms with Crippen LogP contribution in [0.4, 0.5) is 11.4 Å². The molecule has 3 N–H and O–H groups in total. The van der Waals surface area contributed by atoms with Crippen molar-refractivity contribution in [3.63, 3.8) is 0 Å². The lowest BCUT2D eigenvalue weighted by atomic mass is 10.2. The van der Waals surface area contributed by atoms with E-state index in [2.05, 4.69) is 16.9 Å². The van der Waals surface area contributed by atoms with Crippen molar-refractivity contribution in [1.29, 1.82) is 0 Å². The highest BCUT2D eigenvalue weighted by Gasteiger charge is 2.10. The van der Waals surface area contributed by atoms with Crippen LogP contribution in [0.2, 0.25) is 0 Å². The number of nitrogens with one attached hydrogen (secondary N) is 1. The largest absolute Gasteiger partial charge is 0.382 e. The fourth-order valence-corrected chi connectivity index (χ4v) is 1.10. The minimum atomic E-state index is 0.453. The zero-order valence-electron chi connectivity index (χ0n) is 6.54. The second kappa shape index (κ2) is 2.37. The molecular weight excluding hydrogens is 150 g/mol. The smallest absolute Gasteiger partial charge is 0.147 e. The Bertz CT molecular complexity index is 366. The maximum Gasteiger partial charge on any atom is 0.147 e. The lowest BCUT2D eigenvalue weighted by molar-refractivity contribution is 1.36. The van der Waals surface area contributed by atoms with E-state index in [9.17, 15) is 0 Å². The van der Waals surface area contributed by atoms with Crippen LogP contribution < -0.4 is 11.1 Å². The van der Waals surface area contributed by atoms with E-state index in [0.717, 1.165) is 11.4 Å². The molecule has 0 spiro atoms. The van der Waals surface area contributed by atoms with Crippen molar-refractivity contribution in [2.24, 2.45) is 10.7 Å². The first kappa shape index (κ1) is 6.91. The van der Waals surface area contributed by atoms with Crippen molar-refractivity contribution >= 4 is 17.2 Å². The summed E-state index contributed by atoms with van der Waals surface area (Å²) in [7, 11) is 0. The molecule has 1 aliphatic heterocycles. The molecule has 0 amide bonds. The van der Waals surface area contributed by atoms with Gasteiger partial charge >= 0.3 is 0 Å². The van der Waals surface area contributed by atoms with Crippen molar-refractivity contribution in [3.8, 4) is 0 Å². The van der Waals surface area contributed by atoms with E-state index in [4.69, 9.17) is 5.73 Å². The number of benzene rings is 1. The van der Waals surface area contributed by atoms with Crippen LogP contribution in [0.3, 0.4) is 0 Å². The molecule has 12 heavy (non-hydrogen) atoms. The van der Waals surface area contributed by atoms with E-state index in [1.54, 1.807) is 0 Å². The number of amidine groups is 1. The van der Waals surface area contributed by atoms with Crippen LogP contribution in [0, 0.1) is 0 Å². The van der Waals surface area contributed by atoms with Crippen LogP contribution in [0.5, 0.6) is 0 Å². The highest BCUT2D eigenvalue weighted by atomic mass is 15.0. The molecule has 0 aromatic heterocycles. The Balaban J connectivity index is 2.56. The summed E-state index contributed by atoms with van der Waals surface area (Å²) in [5.74, 6) is 0.453. The third-order valence-electron chi connectivity index (χ3n) is 1.74. The molecule has 0 saturated carbocycles. The van der Waals surface area contributed by atoms with E-state index in [1.807, 2.05) is 24.3 Å². The summed E-state index contributed by atoms with van der Waals surface area (Å²) in [6, 6.07) is 7.71. The maximum absolute atomic E-state index is 5.58. The molecule has 0 atom stereocenters. The zero-order valence-corrected chi connectivity index (χ0v) is 6.54. The lowest BCUT2D eigenvalue weighted by Gasteiger charge is -2.16. The normalized spacial score (nSPS) is 14.7. The first-order valence-electron chi connectivity index (χ1n) is 3.67. The van der Waals surface area contributed by atoms with Gasteiger partial charge in [0.15, 0.2) is 0 Å². The number of nitrogens with zero attached hydrogens (tertiary/aromatic N) is 1. The predicted octanol–water partition coefficient (Wildman–Crippen LogP) is 1.61. The third-order valence-corrected chi connectivity index (χ3v) is 1.74. The Morgan fingerprint density at radius 3 is 2.92 bits per heavy atom. The highest BCUT2D eigenvalue weighted by molar-refractivity contribution is 6.04. The van der Waals surface area contributed by atoms with Gasteiger partial charge in [0.25, 0.3) is 0 Å². The van der Waals surface area contributed by atoms with Crippen LogP contribution in [-0.4, -0.2) is 5.84 Å². The quantitative estimate of drug-likeness (QED) is 0.604. The predicted molar refractivity (Wildman–Crippen MR) is 50.5 cm³/mol.